The van der Waals surface area contributed by atoms with Gasteiger partial charge in [0.05, 0.1) is 12.2 Å². The molecule has 0 saturated carbocycles. The SMILES string of the molecule is Cc1ccc([C@@H]2[C@@H](C(=O)O)CC(=O)N2CCCn2ccnc2)o1. The summed E-state index contributed by atoms with van der Waals surface area (Å²) in [4.78, 5) is 29.4. The van der Waals surface area contributed by atoms with Crippen molar-refractivity contribution >= 4 is 11.9 Å². The first kappa shape index (κ1) is 15.3. The Bertz CT molecular complexity index is 692. The molecule has 2 aromatic heterocycles. The first-order chi connectivity index (χ1) is 11.1. The van der Waals surface area contributed by atoms with Crippen molar-refractivity contribution in [3.8, 4) is 0 Å². The average molecular weight is 317 g/mol. The average Bonchev–Trinajstić information content (AvgIpc) is 3.21. The van der Waals surface area contributed by atoms with Gasteiger partial charge in [-0.05, 0) is 25.5 Å². The number of aryl methyl sites for hydroxylation is 2. The van der Waals surface area contributed by atoms with Crippen LogP contribution in [0.5, 0.6) is 0 Å². The molecule has 0 spiro atoms. The molecular formula is C16H19N3O4. The first-order valence-electron chi connectivity index (χ1n) is 7.60. The summed E-state index contributed by atoms with van der Waals surface area (Å²) in [6.07, 6.45) is 6.03. The molecule has 1 N–H and O–H groups in total. The first-order valence-corrected chi connectivity index (χ1v) is 7.60. The van der Waals surface area contributed by atoms with Gasteiger partial charge in [0, 0.05) is 31.9 Å². The van der Waals surface area contributed by atoms with Crippen LogP contribution in [0.4, 0.5) is 0 Å². The fraction of sp³-hybridized carbons (Fsp3) is 0.438. The molecule has 7 heteroatoms. The van der Waals surface area contributed by atoms with Crippen molar-refractivity contribution in [2.24, 2.45) is 5.92 Å². The molecule has 0 aromatic carbocycles. The van der Waals surface area contributed by atoms with Gasteiger partial charge in [0.15, 0.2) is 0 Å². The monoisotopic (exact) mass is 317 g/mol. The van der Waals surface area contributed by atoms with Gasteiger partial charge in [-0.15, -0.1) is 0 Å². The number of hydrogen-bond acceptors (Lipinski definition) is 4. The minimum atomic E-state index is -0.963. The van der Waals surface area contributed by atoms with Crippen LogP contribution < -0.4 is 0 Å². The van der Waals surface area contributed by atoms with Crippen LogP contribution in [0.2, 0.25) is 0 Å². The third-order valence-corrected chi connectivity index (χ3v) is 4.18. The van der Waals surface area contributed by atoms with E-state index in [1.165, 1.54) is 0 Å². The molecule has 0 bridgehead atoms. The zero-order valence-electron chi connectivity index (χ0n) is 12.9. The summed E-state index contributed by atoms with van der Waals surface area (Å²) in [6.45, 7) is 3.02. The number of carbonyl (C=O) groups excluding carboxylic acids is 1. The second-order valence-corrected chi connectivity index (χ2v) is 5.78. The smallest absolute Gasteiger partial charge is 0.309 e. The predicted molar refractivity (Wildman–Crippen MR) is 80.5 cm³/mol. The Kier molecular flexibility index (Phi) is 4.18. The van der Waals surface area contributed by atoms with Crippen molar-refractivity contribution in [3.63, 3.8) is 0 Å². The van der Waals surface area contributed by atoms with Crippen molar-refractivity contribution in [2.45, 2.75) is 32.4 Å². The molecule has 23 heavy (non-hydrogen) atoms. The van der Waals surface area contributed by atoms with E-state index in [2.05, 4.69) is 4.98 Å². The number of carboxylic acids is 1. The minimum absolute atomic E-state index is 0.0187. The second kappa shape index (κ2) is 6.28. The van der Waals surface area contributed by atoms with E-state index in [4.69, 9.17) is 4.42 Å². The van der Waals surface area contributed by atoms with Crippen LogP contribution >= 0.6 is 0 Å². The summed E-state index contributed by atoms with van der Waals surface area (Å²) in [6, 6.07) is 3.02. The van der Waals surface area contributed by atoms with Crippen LogP contribution in [0.3, 0.4) is 0 Å². The number of imidazole rings is 1. The zero-order chi connectivity index (χ0) is 16.4. The van der Waals surface area contributed by atoms with Gasteiger partial charge in [0.1, 0.15) is 17.6 Å². The maximum atomic E-state index is 12.3. The van der Waals surface area contributed by atoms with E-state index in [-0.39, 0.29) is 12.3 Å². The van der Waals surface area contributed by atoms with E-state index >= 15 is 0 Å². The topological polar surface area (TPSA) is 88.6 Å². The molecule has 0 unspecified atom stereocenters. The predicted octanol–water partition coefficient (Wildman–Crippen LogP) is 1.85. The summed E-state index contributed by atoms with van der Waals surface area (Å²) in [5.41, 5.74) is 0. The number of amides is 1. The van der Waals surface area contributed by atoms with Gasteiger partial charge in [-0.2, -0.15) is 0 Å². The highest BCUT2D eigenvalue weighted by molar-refractivity contribution is 5.87. The normalized spacial score (nSPS) is 21.1. The molecule has 2 aromatic rings. The van der Waals surface area contributed by atoms with Crippen molar-refractivity contribution in [2.75, 3.05) is 6.54 Å². The van der Waals surface area contributed by atoms with Crippen molar-refractivity contribution in [3.05, 3.63) is 42.4 Å². The lowest BCUT2D eigenvalue weighted by Gasteiger charge is -2.25. The van der Waals surface area contributed by atoms with Gasteiger partial charge in [0.25, 0.3) is 0 Å². The van der Waals surface area contributed by atoms with Crippen LogP contribution in [0.1, 0.15) is 30.4 Å². The number of hydrogen-bond donors (Lipinski definition) is 1. The molecule has 122 valence electrons. The molecule has 0 aliphatic carbocycles. The number of aromatic nitrogens is 2. The molecule has 1 aliphatic rings. The molecule has 1 amide bonds. The highest BCUT2D eigenvalue weighted by Gasteiger charge is 2.45. The van der Waals surface area contributed by atoms with Gasteiger partial charge < -0.3 is 19.0 Å². The second-order valence-electron chi connectivity index (χ2n) is 5.78. The van der Waals surface area contributed by atoms with Crippen molar-refractivity contribution in [1.29, 1.82) is 0 Å². The Morgan fingerprint density at radius 2 is 2.26 bits per heavy atom. The maximum absolute atomic E-state index is 12.3. The molecule has 1 fully saturated rings. The van der Waals surface area contributed by atoms with Gasteiger partial charge >= 0.3 is 5.97 Å². The van der Waals surface area contributed by atoms with Gasteiger partial charge in [0.2, 0.25) is 5.91 Å². The fourth-order valence-corrected chi connectivity index (χ4v) is 3.08. The van der Waals surface area contributed by atoms with Crippen molar-refractivity contribution in [1.82, 2.24) is 14.5 Å². The van der Waals surface area contributed by atoms with Crippen LogP contribution in [0, 0.1) is 12.8 Å². The van der Waals surface area contributed by atoms with Crippen LogP contribution in [-0.4, -0.2) is 38.0 Å². The Hall–Kier alpha value is -2.57. The largest absolute Gasteiger partial charge is 0.481 e. The van der Waals surface area contributed by atoms with E-state index in [0.717, 1.165) is 13.0 Å². The van der Waals surface area contributed by atoms with E-state index in [0.29, 0.717) is 18.1 Å². The lowest BCUT2D eigenvalue weighted by Crippen LogP contribution is -2.31. The Balaban J connectivity index is 1.75. The van der Waals surface area contributed by atoms with Crippen LogP contribution in [0.25, 0.3) is 0 Å². The van der Waals surface area contributed by atoms with Gasteiger partial charge in [-0.25, -0.2) is 4.98 Å². The standard InChI is InChI=1S/C16H19N3O4/c1-11-3-4-13(23-11)15-12(16(21)22)9-14(20)19(15)7-2-6-18-8-5-17-10-18/h3-5,8,10,12,15H,2,6-7,9H2,1H3,(H,21,22)/t12-,15-/m0/s1. The Morgan fingerprint density at radius 3 is 2.87 bits per heavy atom. The molecule has 1 aliphatic heterocycles. The maximum Gasteiger partial charge on any atom is 0.309 e. The van der Waals surface area contributed by atoms with E-state index in [9.17, 15) is 14.7 Å². The van der Waals surface area contributed by atoms with Crippen LogP contribution in [0.15, 0.2) is 35.3 Å². The fourth-order valence-electron chi connectivity index (χ4n) is 3.08. The van der Waals surface area contributed by atoms with Gasteiger partial charge in [-0.1, -0.05) is 0 Å². The highest BCUT2D eigenvalue weighted by Crippen LogP contribution is 2.39. The summed E-state index contributed by atoms with van der Waals surface area (Å²) >= 11 is 0. The molecule has 1 saturated heterocycles. The highest BCUT2D eigenvalue weighted by atomic mass is 16.4. The van der Waals surface area contributed by atoms with Gasteiger partial charge in [-0.3, -0.25) is 9.59 Å². The Morgan fingerprint density at radius 1 is 1.43 bits per heavy atom. The van der Waals surface area contributed by atoms with E-state index < -0.39 is 17.9 Å². The summed E-state index contributed by atoms with van der Waals surface area (Å²) in [5.74, 6) is -0.608. The molecule has 7 nitrogen and oxygen atoms in total. The van der Waals surface area contributed by atoms with Crippen LogP contribution in [-0.2, 0) is 16.1 Å². The van der Waals surface area contributed by atoms with E-state index in [1.54, 1.807) is 36.5 Å². The molecular weight excluding hydrogens is 298 g/mol. The number of rotatable bonds is 6. The number of likely N-dealkylation sites (tertiary alicyclic amines) is 1. The summed E-state index contributed by atoms with van der Waals surface area (Å²) in [7, 11) is 0. The lowest BCUT2D eigenvalue weighted by atomic mass is 9.98. The molecule has 0 radical (unpaired) electrons. The number of furan rings is 1. The number of carboxylic acid groups (broad SMARTS) is 1. The molecule has 3 rings (SSSR count). The minimum Gasteiger partial charge on any atom is -0.481 e. The third kappa shape index (κ3) is 3.13. The third-order valence-electron chi connectivity index (χ3n) is 4.18. The lowest BCUT2D eigenvalue weighted by molar-refractivity contribution is -0.143. The number of nitrogens with zero attached hydrogens (tertiary/aromatic N) is 3. The summed E-state index contributed by atoms with van der Waals surface area (Å²) in [5, 5.41) is 9.43. The molecule has 2 atom stereocenters. The quantitative estimate of drug-likeness (QED) is 0.878. The number of carbonyl (C=O) groups is 2. The zero-order valence-corrected chi connectivity index (χ0v) is 12.9. The Labute approximate surface area is 133 Å². The van der Waals surface area contributed by atoms with Crippen molar-refractivity contribution < 1.29 is 19.1 Å². The molecule has 3 heterocycles. The number of aliphatic carboxylic acids is 1. The van der Waals surface area contributed by atoms with E-state index in [1.807, 2.05) is 10.8 Å². The summed E-state index contributed by atoms with van der Waals surface area (Å²) < 4.78 is 7.54.